The van der Waals surface area contributed by atoms with Gasteiger partial charge in [-0.15, -0.1) is 0 Å². The minimum absolute atomic E-state index is 0.359. The maximum absolute atomic E-state index is 2.69. The third-order valence-electron chi connectivity index (χ3n) is 4.20. The van der Waals surface area contributed by atoms with Crippen molar-refractivity contribution in [1.29, 1.82) is 0 Å². The minimum Gasteiger partial charge on any atom is -0.298 e. The standard InChI is InChI=1S/C16H33N/c1-15-11-7-5-9-13-17(16(2,3)4)14-10-6-8-12-15/h15H,5-14H2,1-4H3. The van der Waals surface area contributed by atoms with Crippen molar-refractivity contribution in [2.24, 2.45) is 5.92 Å². The van der Waals surface area contributed by atoms with Gasteiger partial charge in [0.15, 0.2) is 0 Å². The Morgan fingerprint density at radius 3 is 1.65 bits per heavy atom. The Hall–Kier alpha value is -0.0400. The van der Waals surface area contributed by atoms with Crippen LogP contribution in [0.2, 0.25) is 0 Å². The first-order chi connectivity index (χ1) is 8.00. The zero-order valence-electron chi connectivity index (χ0n) is 12.6. The van der Waals surface area contributed by atoms with E-state index in [1.807, 2.05) is 0 Å². The average molecular weight is 239 g/mol. The van der Waals surface area contributed by atoms with Crippen molar-refractivity contribution in [1.82, 2.24) is 4.90 Å². The lowest BCUT2D eigenvalue weighted by Gasteiger charge is -2.36. The lowest BCUT2D eigenvalue weighted by atomic mass is 9.95. The van der Waals surface area contributed by atoms with Crippen LogP contribution in [0.15, 0.2) is 0 Å². The van der Waals surface area contributed by atoms with Crippen LogP contribution in [-0.4, -0.2) is 23.5 Å². The Bertz CT molecular complexity index is 178. The van der Waals surface area contributed by atoms with Crippen LogP contribution < -0.4 is 0 Å². The molecule has 0 aliphatic carbocycles. The predicted molar refractivity (Wildman–Crippen MR) is 77.4 cm³/mol. The lowest BCUT2D eigenvalue weighted by molar-refractivity contribution is 0.129. The summed E-state index contributed by atoms with van der Waals surface area (Å²) in [5.74, 6) is 0.966. The molecule has 0 unspecified atom stereocenters. The van der Waals surface area contributed by atoms with Gasteiger partial charge >= 0.3 is 0 Å². The van der Waals surface area contributed by atoms with Gasteiger partial charge in [-0.05, 0) is 52.6 Å². The molecule has 0 radical (unpaired) electrons. The number of nitrogens with zero attached hydrogens (tertiary/aromatic N) is 1. The quantitative estimate of drug-likeness (QED) is 0.583. The van der Waals surface area contributed by atoms with Gasteiger partial charge in [0.25, 0.3) is 0 Å². The van der Waals surface area contributed by atoms with Crippen LogP contribution in [0.5, 0.6) is 0 Å². The fraction of sp³-hybridized carbons (Fsp3) is 1.00. The first-order valence-electron chi connectivity index (χ1n) is 7.75. The highest BCUT2D eigenvalue weighted by Crippen LogP contribution is 2.21. The van der Waals surface area contributed by atoms with Crippen molar-refractivity contribution in [3.8, 4) is 0 Å². The van der Waals surface area contributed by atoms with Crippen molar-refractivity contribution in [2.75, 3.05) is 13.1 Å². The van der Waals surface area contributed by atoms with E-state index < -0.39 is 0 Å². The molecule has 0 saturated carbocycles. The molecule has 102 valence electrons. The van der Waals surface area contributed by atoms with Gasteiger partial charge in [0, 0.05) is 5.54 Å². The molecule has 0 aromatic rings. The van der Waals surface area contributed by atoms with Gasteiger partial charge in [0.1, 0.15) is 0 Å². The molecule has 1 rings (SSSR count). The Morgan fingerprint density at radius 2 is 1.24 bits per heavy atom. The normalized spacial score (nSPS) is 24.0. The topological polar surface area (TPSA) is 3.24 Å². The average Bonchev–Trinajstić information content (AvgIpc) is 2.21. The fourth-order valence-electron chi connectivity index (χ4n) is 2.87. The summed E-state index contributed by atoms with van der Waals surface area (Å²) in [5.41, 5.74) is 0.359. The molecular weight excluding hydrogens is 206 g/mol. The molecule has 0 aromatic heterocycles. The smallest absolute Gasteiger partial charge is 0.0125 e. The molecular formula is C16H33N. The van der Waals surface area contributed by atoms with Crippen molar-refractivity contribution >= 4 is 0 Å². The van der Waals surface area contributed by atoms with Gasteiger partial charge in [-0.2, -0.15) is 0 Å². The maximum Gasteiger partial charge on any atom is 0.0125 e. The van der Waals surface area contributed by atoms with Gasteiger partial charge in [0.2, 0.25) is 0 Å². The summed E-state index contributed by atoms with van der Waals surface area (Å²) in [6, 6.07) is 0. The van der Waals surface area contributed by atoms with Crippen LogP contribution >= 0.6 is 0 Å². The molecule has 0 bridgehead atoms. The SMILES string of the molecule is CC1CCCCCN(C(C)(C)C)CCCCC1. The number of hydrogen-bond donors (Lipinski definition) is 0. The second-order valence-electron chi connectivity index (χ2n) is 6.96. The third-order valence-corrected chi connectivity index (χ3v) is 4.20. The second kappa shape index (κ2) is 7.41. The van der Waals surface area contributed by atoms with Crippen LogP contribution in [-0.2, 0) is 0 Å². The van der Waals surface area contributed by atoms with E-state index in [-0.39, 0.29) is 0 Å². The molecule has 1 fully saturated rings. The van der Waals surface area contributed by atoms with E-state index in [2.05, 4.69) is 32.6 Å². The van der Waals surface area contributed by atoms with Crippen LogP contribution in [0.4, 0.5) is 0 Å². The predicted octanol–water partition coefficient (Wildman–Crippen LogP) is 4.86. The zero-order valence-corrected chi connectivity index (χ0v) is 12.6. The van der Waals surface area contributed by atoms with Crippen LogP contribution in [0.25, 0.3) is 0 Å². The van der Waals surface area contributed by atoms with E-state index >= 15 is 0 Å². The molecule has 1 aliphatic rings. The van der Waals surface area contributed by atoms with Gasteiger partial charge in [-0.3, -0.25) is 4.90 Å². The molecule has 1 nitrogen and oxygen atoms in total. The molecule has 0 amide bonds. The summed E-state index contributed by atoms with van der Waals surface area (Å²) in [5, 5.41) is 0. The van der Waals surface area contributed by atoms with E-state index in [0.717, 1.165) is 5.92 Å². The van der Waals surface area contributed by atoms with Crippen LogP contribution in [0.1, 0.15) is 79.1 Å². The van der Waals surface area contributed by atoms with Crippen LogP contribution in [0.3, 0.4) is 0 Å². The highest BCUT2D eigenvalue weighted by atomic mass is 15.2. The van der Waals surface area contributed by atoms with E-state index in [0.29, 0.717) is 5.54 Å². The number of rotatable bonds is 0. The Morgan fingerprint density at radius 1 is 0.765 bits per heavy atom. The molecule has 1 heterocycles. The first-order valence-corrected chi connectivity index (χ1v) is 7.75. The molecule has 0 atom stereocenters. The lowest BCUT2D eigenvalue weighted by Crippen LogP contribution is -2.42. The maximum atomic E-state index is 2.69. The minimum atomic E-state index is 0.359. The van der Waals surface area contributed by atoms with E-state index in [4.69, 9.17) is 0 Å². The Balaban J connectivity index is 2.40. The first kappa shape index (κ1) is 15.0. The van der Waals surface area contributed by atoms with Gasteiger partial charge in [-0.1, -0.05) is 45.4 Å². The van der Waals surface area contributed by atoms with Gasteiger partial charge in [-0.25, -0.2) is 0 Å². The largest absolute Gasteiger partial charge is 0.298 e. The summed E-state index contributed by atoms with van der Waals surface area (Å²) < 4.78 is 0. The zero-order chi connectivity index (χ0) is 12.7. The van der Waals surface area contributed by atoms with E-state index in [1.54, 1.807) is 0 Å². The Labute approximate surface area is 109 Å². The molecule has 0 spiro atoms. The monoisotopic (exact) mass is 239 g/mol. The highest BCUT2D eigenvalue weighted by molar-refractivity contribution is 4.76. The molecule has 1 saturated heterocycles. The summed E-state index contributed by atoms with van der Waals surface area (Å²) in [6.07, 6.45) is 11.4. The molecule has 0 aromatic carbocycles. The van der Waals surface area contributed by atoms with Gasteiger partial charge in [0.05, 0.1) is 0 Å². The van der Waals surface area contributed by atoms with Crippen molar-refractivity contribution in [3.63, 3.8) is 0 Å². The van der Waals surface area contributed by atoms with Crippen molar-refractivity contribution < 1.29 is 0 Å². The van der Waals surface area contributed by atoms with E-state index in [1.165, 1.54) is 64.5 Å². The van der Waals surface area contributed by atoms with Crippen LogP contribution in [0, 0.1) is 5.92 Å². The molecule has 17 heavy (non-hydrogen) atoms. The summed E-state index contributed by atoms with van der Waals surface area (Å²) >= 11 is 0. The molecule has 0 N–H and O–H groups in total. The second-order valence-corrected chi connectivity index (χ2v) is 6.96. The number of hydrogen-bond acceptors (Lipinski definition) is 1. The fourth-order valence-corrected chi connectivity index (χ4v) is 2.87. The van der Waals surface area contributed by atoms with Gasteiger partial charge < -0.3 is 0 Å². The Kier molecular flexibility index (Phi) is 6.54. The third kappa shape index (κ3) is 6.45. The summed E-state index contributed by atoms with van der Waals surface area (Å²) in [6.45, 7) is 12.1. The highest BCUT2D eigenvalue weighted by Gasteiger charge is 2.20. The summed E-state index contributed by atoms with van der Waals surface area (Å²) in [4.78, 5) is 2.69. The van der Waals surface area contributed by atoms with Crippen molar-refractivity contribution in [2.45, 2.75) is 84.6 Å². The van der Waals surface area contributed by atoms with E-state index in [9.17, 15) is 0 Å². The molecule has 1 heteroatoms. The van der Waals surface area contributed by atoms with Crippen molar-refractivity contribution in [3.05, 3.63) is 0 Å². The molecule has 1 aliphatic heterocycles. The summed E-state index contributed by atoms with van der Waals surface area (Å²) in [7, 11) is 0.